The Bertz CT molecular complexity index is 364. The predicted molar refractivity (Wildman–Crippen MR) is 68.1 cm³/mol. The maximum absolute atomic E-state index is 11.1. The molecule has 1 atom stereocenters. The fourth-order valence-electron chi connectivity index (χ4n) is 1.29. The monoisotopic (exact) mass is 253 g/mol. The summed E-state index contributed by atoms with van der Waals surface area (Å²) in [4.78, 5) is 11.1. The van der Waals surface area contributed by atoms with Gasteiger partial charge in [0.2, 0.25) is 0 Å². The fraction of sp³-hybridized carbons (Fsp3) is 0.462. The predicted octanol–water partition coefficient (Wildman–Crippen LogP) is 2.21. The molecule has 0 radical (unpaired) electrons. The summed E-state index contributed by atoms with van der Waals surface area (Å²) in [7, 11) is 1.61. The van der Waals surface area contributed by atoms with Crippen LogP contribution < -0.4 is 14.8 Å². The highest BCUT2D eigenvalue weighted by Crippen LogP contribution is 2.17. The molecule has 0 unspecified atom stereocenters. The highest BCUT2D eigenvalue weighted by Gasteiger charge is 2.08. The Hall–Kier alpha value is -1.91. The summed E-state index contributed by atoms with van der Waals surface area (Å²) in [6.07, 6.45) is -0.734. The molecule has 0 fully saturated rings. The third-order valence-electron chi connectivity index (χ3n) is 2.17. The molecule has 0 spiro atoms. The molecular formula is C13H19NO4. The summed E-state index contributed by atoms with van der Waals surface area (Å²) in [6, 6.07) is 7.23. The minimum absolute atomic E-state index is 0.307. The molecule has 0 aliphatic carbocycles. The van der Waals surface area contributed by atoms with Gasteiger partial charge in [-0.15, -0.1) is 0 Å². The van der Waals surface area contributed by atoms with Gasteiger partial charge in [0.05, 0.1) is 7.11 Å². The summed E-state index contributed by atoms with van der Waals surface area (Å²) in [5.41, 5.74) is 0. The molecule has 0 aliphatic rings. The third kappa shape index (κ3) is 4.95. The van der Waals surface area contributed by atoms with Crippen molar-refractivity contribution in [2.45, 2.75) is 20.0 Å². The van der Waals surface area contributed by atoms with Crippen molar-refractivity contribution in [1.82, 2.24) is 5.32 Å². The lowest BCUT2D eigenvalue weighted by Gasteiger charge is -2.14. The van der Waals surface area contributed by atoms with E-state index in [-0.39, 0.29) is 6.10 Å². The van der Waals surface area contributed by atoms with Crippen molar-refractivity contribution in [3.8, 4) is 11.5 Å². The Labute approximate surface area is 107 Å². The Morgan fingerprint density at radius 3 is 2.44 bits per heavy atom. The van der Waals surface area contributed by atoms with Crippen molar-refractivity contribution in [1.29, 1.82) is 0 Å². The van der Waals surface area contributed by atoms with Crippen LogP contribution in [0.2, 0.25) is 0 Å². The topological polar surface area (TPSA) is 56.8 Å². The Kier molecular flexibility index (Phi) is 5.84. The van der Waals surface area contributed by atoms with Crippen LogP contribution in [0.5, 0.6) is 11.5 Å². The van der Waals surface area contributed by atoms with Gasteiger partial charge in [0.15, 0.2) is 0 Å². The number of methoxy groups -OCH3 is 1. The number of carbonyl (C=O) groups excluding carboxylic acids is 1. The number of benzene rings is 1. The van der Waals surface area contributed by atoms with Gasteiger partial charge in [-0.25, -0.2) is 4.79 Å². The molecule has 0 aromatic heterocycles. The van der Waals surface area contributed by atoms with E-state index in [9.17, 15) is 4.79 Å². The normalized spacial score (nSPS) is 11.5. The summed E-state index contributed by atoms with van der Waals surface area (Å²) in [5.74, 6) is 1.48. The van der Waals surface area contributed by atoms with E-state index in [1.165, 1.54) is 0 Å². The van der Waals surface area contributed by atoms with E-state index < -0.39 is 6.09 Å². The fourth-order valence-corrected chi connectivity index (χ4v) is 1.29. The zero-order chi connectivity index (χ0) is 13.4. The zero-order valence-corrected chi connectivity index (χ0v) is 10.9. The summed E-state index contributed by atoms with van der Waals surface area (Å²) in [5, 5.41) is 2.56. The molecule has 5 nitrogen and oxygen atoms in total. The first-order valence-electron chi connectivity index (χ1n) is 5.87. The summed E-state index contributed by atoms with van der Waals surface area (Å²) in [6.45, 7) is 4.47. The molecule has 1 aromatic rings. The third-order valence-corrected chi connectivity index (χ3v) is 2.17. The quantitative estimate of drug-likeness (QED) is 0.844. The van der Waals surface area contributed by atoms with Gasteiger partial charge in [-0.05, 0) is 38.1 Å². The molecule has 0 bridgehead atoms. The van der Waals surface area contributed by atoms with E-state index in [4.69, 9.17) is 14.2 Å². The van der Waals surface area contributed by atoms with Crippen LogP contribution in [0.3, 0.4) is 0 Å². The molecule has 5 heteroatoms. The molecule has 1 aromatic carbocycles. The molecule has 0 saturated heterocycles. The molecular weight excluding hydrogens is 234 g/mol. The lowest BCUT2D eigenvalue weighted by molar-refractivity contribution is 0.0758. The molecule has 1 amide bonds. The average Bonchev–Trinajstić information content (AvgIpc) is 2.37. The van der Waals surface area contributed by atoms with Gasteiger partial charge in [-0.3, -0.25) is 0 Å². The number of alkyl carbamates (subject to hydrolysis) is 1. The van der Waals surface area contributed by atoms with Gasteiger partial charge in [-0.2, -0.15) is 0 Å². The van der Waals surface area contributed by atoms with Crippen LogP contribution in [-0.4, -0.2) is 32.5 Å². The van der Waals surface area contributed by atoms with Crippen LogP contribution in [0, 0.1) is 0 Å². The number of carbonyl (C=O) groups is 1. The van der Waals surface area contributed by atoms with E-state index in [2.05, 4.69) is 5.32 Å². The Morgan fingerprint density at radius 2 is 1.89 bits per heavy atom. The van der Waals surface area contributed by atoms with Gasteiger partial charge < -0.3 is 19.5 Å². The van der Waals surface area contributed by atoms with Gasteiger partial charge in [-0.1, -0.05) is 0 Å². The molecule has 1 N–H and O–H groups in total. The number of rotatable bonds is 6. The van der Waals surface area contributed by atoms with E-state index in [0.29, 0.717) is 18.9 Å². The minimum Gasteiger partial charge on any atom is -0.497 e. The van der Waals surface area contributed by atoms with Crippen LogP contribution in [-0.2, 0) is 4.74 Å². The molecule has 18 heavy (non-hydrogen) atoms. The van der Waals surface area contributed by atoms with Gasteiger partial charge >= 0.3 is 6.09 Å². The van der Waals surface area contributed by atoms with Crippen LogP contribution >= 0.6 is 0 Å². The van der Waals surface area contributed by atoms with Gasteiger partial charge in [0.1, 0.15) is 24.2 Å². The highest BCUT2D eigenvalue weighted by molar-refractivity contribution is 5.67. The second-order valence-corrected chi connectivity index (χ2v) is 3.73. The number of ether oxygens (including phenoxy) is 3. The van der Waals surface area contributed by atoms with Gasteiger partial charge in [0.25, 0.3) is 0 Å². The van der Waals surface area contributed by atoms with Crippen molar-refractivity contribution in [2.24, 2.45) is 0 Å². The number of hydrogen-bond donors (Lipinski definition) is 1. The lowest BCUT2D eigenvalue weighted by atomic mass is 10.3. The van der Waals surface area contributed by atoms with Crippen LogP contribution in [0.15, 0.2) is 24.3 Å². The minimum atomic E-state index is -0.427. The molecule has 1 rings (SSSR count). The number of nitrogens with one attached hydrogen (secondary N) is 1. The van der Waals surface area contributed by atoms with Gasteiger partial charge in [0, 0.05) is 6.54 Å². The Balaban J connectivity index is 2.32. The lowest BCUT2D eigenvalue weighted by Crippen LogP contribution is -2.30. The zero-order valence-electron chi connectivity index (χ0n) is 10.9. The average molecular weight is 253 g/mol. The maximum atomic E-state index is 11.1. The summed E-state index contributed by atoms with van der Waals surface area (Å²) >= 11 is 0. The van der Waals surface area contributed by atoms with E-state index in [1.807, 2.05) is 19.1 Å². The maximum Gasteiger partial charge on any atom is 0.407 e. The largest absolute Gasteiger partial charge is 0.497 e. The number of hydrogen-bond acceptors (Lipinski definition) is 4. The van der Waals surface area contributed by atoms with Crippen LogP contribution in [0.1, 0.15) is 13.8 Å². The number of amides is 1. The standard InChI is InChI=1S/C13H19NO4/c1-4-14-13(15)18-10(2)9-17-12-7-5-11(16-3)6-8-12/h5-8,10H,4,9H2,1-3H3,(H,14,15)/t10-/m1/s1. The van der Waals surface area contributed by atoms with Crippen LogP contribution in [0.25, 0.3) is 0 Å². The van der Waals surface area contributed by atoms with Crippen molar-refractivity contribution < 1.29 is 19.0 Å². The van der Waals surface area contributed by atoms with Crippen molar-refractivity contribution >= 4 is 6.09 Å². The van der Waals surface area contributed by atoms with E-state index >= 15 is 0 Å². The van der Waals surface area contributed by atoms with Crippen LogP contribution in [0.4, 0.5) is 4.79 Å². The van der Waals surface area contributed by atoms with Crippen molar-refractivity contribution in [3.63, 3.8) is 0 Å². The first kappa shape index (κ1) is 14.2. The van der Waals surface area contributed by atoms with E-state index in [1.54, 1.807) is 26.2 Å². The smallest absolute Gasteiger partial charge is 0.407 e. The molecule has 100 valence electrons. The molecule has 0 aliphatic heterocycles. The van der Waals surface area contributed by atoms with E-state index in [0.717, 1.165) is 5.75 Å². The second kappa shape index (κ2) is 7.42. The second-order valence-electron chi connectivity index (χ2n) is 3.73. The first-order valence-corrected chi connectivity index (χ1v) is 5.87. The molecule has 0 saturated carbocycles. The highest BCUT2D eigenvalue weighted by atomic mass is 16.6. The summed E-state index contributed by atoms with van der Waals surface area (Å²) < 4.78 is 15.6. The SMILES string of the molecule is CCNC(=O)O[C@H](C)COc1ccc(OC)cc1. The first-order chi connectivity index (χ1) is 8.65. The van der Waals surface area contributed by atoms with Crippen molar-refractivity contribution in [3.05, 3.63) is 24.3 Å². The Morgan fingerprint density at radius 1 is 1.28 bits per heavy atom. The van der Waals surface area contributed by atoms with Crippen molar-refractivity contribution in [2.75, 3.05) is 20.3 Å². The molecule has 0 heterocycles.